The Hall–Kier alpha value is -3.25. The molecular formula is C28H36O15. The second-order valence-electron chi connectivity index (χ2n) is 10.4. The van der Waals surface area contributed by atoms with Crippen LogP contribution in [-0.4, -0.2) is 127 Å². The molecule has 43 heavy (non-hydrogen) atoms. The van der Waals surface area contributed by atoms with Gasteiger partial charge in [0.05, 0.1) is 19.8 Å². The molecule has 0 spiro atoms. The Kier molecular flexibility index (Phi) is 10.3. The molecule has 2 aromatic carbocycles. The number of methoxy groups -OCH3 is 1. The van der Waals surface area contributed by atoms with Gasteiger partial charge in [0.25, 0.3) is 0 Å². The fourth-order valence-electron chi connectivity index (χ4n) is 4.93. The van der Waals surface area contributed by atoms with Crippen LogP contribution in [0.25, 0.3) is 0 Å². The van der Waals surface area contributed by atoms with Crippen molar-refractivity contribution in [3.05, 3.63) is 41.5 Å². The molecule has 0 radical (unpaired) electrons. The van der Waals surface area contributed by atoms with Gasteiger partial charge in [-0.15, -0.1) is 0 Å². The molecule has 0 aliphatic carbocycles. The van der Waals surface area contributed by atoms with Crippen molar-refractivity contribution >= 4 is 5.78 Å². The predicted octanol–water partition coefficient (Wildman–Crippen LogP) is -1.34. The summed E-state index contributed by atoms with van der Waals surface area (Å²) in [7, 11) is 1.40. The third-order valence-corrected chi connectivity index (χ3v) is 7.41. The molecule has 0 aromatic heterocycles. The zero-order valence-corrected chi connectivity index (χ0v) is 23.3. The third-order valence-electron chi connectivity index (χ3n) is 7.41. The highest BCUT2D eigenvalue weighted by Gasteiger charge is 2.51. The lowest BCUT2D eigenvalue weighted by Gasteiger charge is -2.45. The Bertz CT molecular complexity index is 1250. The Morgan fingerprint density at radius 3 is 2.12 bits per heavy atom. The summed E-state index contributed by atoms with van der Waals surface area (Å²) >= 11 is 0. The number of aryl methyl sites for hydroxylation is 1. The highest BCUT2D eigenvalue weighted by Crippen LogP contribution is 2.37. The average Bonchev–Trinajstić information content (AvgIpc) is 2.96. The number of phenolic OH excluding ortho intramolecular Hbond substituents is 3. The molecule has 2 aliphatic rings. The van der Waals surface area contributed by atoms with E-state index in [0.717, 1.165) is 12.1 Å². The van der Waals surface area contributed by atoms with Gasteiger partial charge in [0, 0.05) is 18.6 Å². The molecule has 2 saturated heterocycles. The number of aliphatic hydroxyl groups is 6. The van der Waals surface area contributed by atoms with Crippen LogP contribution in [0.15, 0.2) is 30.3 Å². The summed E-state index contributed by atoms with van der Waals surface area (Å²) in [5.41, 5.74) is 0.208. The molecular weight excluding hydrogens is 576 g/mol. The molecule has 10 atom stereocenters. The Morgan fingerprint density at radius 2 is 1.51 bits per heavy atom. The van der Waals surface area contributed by atoms with Crippen molar-refractivity contribution in [3.63, 3.8) is 0 Å². The van der Waals surface area contributed by atoms with Gasteiger partial charge in [-0.05, 0) is 31.0 Å². The van der Waals surface area contributed by atoms with Crippen molar-refractivity contribution in [3.8, 4) is 28.7 Å². The summed E-state index contributed by atoms with van der Waals surface area (Å²) in [6.45, 7) is 0.662. The number of hydrogen-bond donors (Lipinski definition) is 9. The van der Waals surface area contributed by atoms with E-state index < -0.39 is 90.9 Å². The van der Waals surface area contributed by atoms with Crippen LogP contribution in [-0.2, 0) is 20.6 Å². The van der Waals surface area contributed by atoms with E-state index in [4.69, 9.17) is 23.7 Å². The van der Waals surface area contributed by atoms with E-state index in [0.29, 0.717) is 5.56 Å². The summed E-state index contributed by atoms with van der Waals surface area (Å²) in [5, 5.41) is 92.3. The van der Waals surface area contributed by atoms with Gasteiger partial charge in [-0.1, -0.05) is 6.07 Å². The van der Waals surface area contributed by atoms with Crippen LogP contribution in [0.2, 0.25) is 0 Å². The van der Waals surface area contributed by atoms with E-state index in [1.54, 1.807) is 6.07 Å². The summed E-state index contributed by atoms with van der Waals surface area (Å²) in [4.78, 5) is 12.9. The van der Waals surface area contributed by atoms with Gasteiger partial charge in [-0.3, -0.25) is 4.79 Å². The van der Waals surface area contributed by atoms with Gasteiger partial charge in [0.2, 0.25) is 6.29 Å². The van der Waals surface area contributed by atoms with Crippen molar-refractivity contribution in [2.45, 2.75) is 81.2 Å². The lowest BCUT2D eigenvalue weighted by atomic mass is 9.97. The van der Waals surface area contributed by atoms with Crippen LogP contribution in [0, 0.1) is 0 Å². The number of benzene rings is 2. The second-order valence-corrected chi connectivity index (χ2v) is 10.4. The van der Waals surface area contributed by atoms with Gasteiger partial charge in [0.15, 0.2) is 29.7 Å². The summed E-state index contributed by atoms with van der Waals surface area (Å²) in [6, 6.07) is 6.59. The molecule has 0 unspecified atom stereocenters. The molecule has 2 aliphatic heterocycles. The lowest BCUT2D eigenvalue weighted by molar-refractivity contribution is -0.354. The summed E-state index contributed by atoms with van der Waals surface area (Å²) < 4.78 is 27.2. The first kappa shape index (κ1) is 32.7. The maximum Gasteiger partial charge on any atom is 0.229 e. The Morgan fingerprint density at radius 1 is 0.837 bits per heavy atom. The smallest absolute Gasteiger partial charge is 0.229 e. The largest absolute Gasteiger partial charge is 0.507 e. The zero-order chi connectivity index (χ0) is 31.6. The van der Waals surface area contributed by atoms with Crippen LogP contribution >= 0.6 is 0 Å². The molecule has 15 heteroatoms. The van der Waals surface area contributed by atoms with E-state index in [-0.39, 0.29) is 30.1 Å². The lowest BCUT2D eigenvalue weighted by Crippen LogP contribution is -2.64. The molecule has 2 heterocycles. The number of phenols is 3. The van der Waals surface area contributed by atoms with Crippen molar-refractivity contribution in [1.29, 1.82) is 0 Å². The second kappa shape index (κ2) is 13.6. The quantitative estimate of drug-likeness (QED) is 0.141. The molecule has 0 saturated carbocycles. The maximum atomic E-state index is 12.9. The Balaban J connectivity index is 1.51. The van der Waals surface area contributed by atoms with Gasteiger partial charge in [-0.25, -0.2) is 0 Å². The van der Waals surface area contributed by atoms with Crippen molar-refractivity contribution in [2.75, 3.05) is 13.7 Å². The number of carbonyl (C=O) groups is 1. The average molecular weight is 613 g/mol. The van der Waals surface area contributed by atoms with E-state index in [1.165, 1.54) is 26.2 Å². The Labute approximate surface area is 245 Å². The molecule has 9 N–H and O–H groups in total. The highest BCUT2D eigenvalue weighted by atomic mass is 16.8. The molecule has 2 fully saturated rings. The van der Waals surface area contributed by atoms with Crippen LogP contribution in [0.3, 0.4) is 0 Å². The molecule has 238 valence electrons. The predicted molar refractivity (Wildman–Crippen MR) is 143 cm³/mol. The summed E-state index contributed by atoms with van der Waals surface area (Å²) in [5.74, 6) is -2.04. The topological polar surface area (TPSA) is 245 Å². The van der Waals surface area contributed by atoms with Gasteiger partial charge in [-0.2, -0.15) is 0 Å². The minimum Gasteiger partial charge on any atom is -0.507 e. The number of ether oxygens (including phenoxy) is 5. The standard InChI is InChI=1S/C28H36O15/c1-11-21(34)23(36)25(38)27(40-11)43-26-24(37)22(35)19(10-29)42-28(26)41-13-8-16(32)20(17(33)9-13)14(30)5-3-12-4-6-18(39-2)15(31)7-12/h4,6-9,11,19,21-29,31-38H,3,5,10H2,1-2H3/t11-,19-,21-,22+,23-,24+,25+,26+,27-,28+/m0/s1. The van der Waals surface area contributed by atoms with Crippen LogP contribution in [0.4, 0.5) is 0 Å². The minimum atomic E-state index is -1.79. The van der Waals surface area contributed by atoms with Crippen LogP contribution in [0.5, 0.6) is 28.7 Å². The van der Waals surface area contributed by atoms with Gasteiger partial charge in [0.1, 0.15) is 59.4 Å². The van der Waals surface area contributed by atoms with Crippen molar-refractivity contribution in [1.82, 2.24) is 0 Å². The van der Waals surface area contributed by atoms with E-state index >= 15 is 0 Å². The number of ketones is 1. The molecule has 2 aromatic rings. The number of aliphatic hydroxyl groups excluding tert-OH is 6. The first-order chi connectivity index (χ1) is 20.4. The number of rotatable bonds is 10. The maximum absolute atomic E-state index is 12.9. The minimum absolute atomic E-state index is 0.110. The molecule has 0 bridgehead atoms. The number of Topliss-reactive ketones (excluding diaryl/α,β-unsaturated/α-hetero) is 1. The fraction of sp³-hybridized carbons (Fsp3) is 0.536. The van der Waals surface area contributed by atoms with E-state index in [1.807, 2.05) is 0 Å². The normalized spacial score (nSPS) is 32.7. The monoisotopic (exact) mass is 612 g/mol. The van der Waals surface area contributed by atoms with Crippen molar-refractivity contribution in [2.24, 2.45) is 0 Å². The SMILES string of the molecule is COc1ccc(CCC(=O)c2c(O)cc(O[C@@H]3O[C@@H](CO)[C@@H](O)[C@@H](O)[C@H]3O[C@@H]3O[C@@H](C)[C@H](O)[C@H](O)[C@H]3O)cc2O)cc1O. The number of carbonyl (C=O) groups excluding carboxylic acids is 1. The summed E-state index contributed by atoms with van der Waals surface area (Å²) in [6.07, 6.45) is -15.5. The van der Waals surface area contributed by atoms with Crippen LogP contribution < -0.4 is 9.47 Å². The molecule has 15 nitrogen and oxygen atoms in total. The van der Waals surface area contributed by atoms with Crippen molar-refractivity contribution < 1.29 is 74.4 Å². The molecule has 4 rings (SSSR count). The van der Waals surface area contributed by atoms with E-state index in [2.05, 4.69) is 0 Å². The van der Waals surface area contributed by atoms with Crippen LogP contribution in [0.1, 0.15) is 29.3 Å². The highest BCUT2D eigenvalue weighted by molar-refractivity contribution is 6.01. The first-order valence-corrected chi connectivity index (χ1v) is 13.5. The molecule has 0 amide bonds. The third kappa shape index (κ3) is 6.95. The number of hydrogen-bond acceptors (Lipinski definition) is 15. The number of aromatic hydroxyl groups is 3. The zero-order valence-electron chi connectivity index (χ0n) is 23.3. The first-order valence-electron chi connectivity index (χ1n) is 13.5. The van der Waals surface area contributed by atoms with E-state index in [9.17, 15) is 50.8 Å². The van der Waals surface area contributed by atoms with Gasteiger partial charge >= 0.3 is 0 Å². The fourth-order valence-corrected chi connectivity index (χ4v) is 4.93. The van der Waals surface area contributed by atoms with Gasteiger partial charge < -0.3 is 69.6 Å².